The maximum absolute atomic E-state index is 12.6. The number of alkyl halides is 3. The fourth-order valence-electron chi connectivity index (χ4n) is 2.66. The molecule has 1 aliphatic carbocycles. The lowest BCUT2D eigenvalue weighted by Gasteiger charge is -2.13. The Morgan fingerprint density at radius 2 is 1.90 bits per heavy atom. The highest BCUT2D eigenvalue weighted by Gasteiger charge is 2.34. The van der Waals surface area contributed by atoms with Crippen LogP contribution < -0.4 is 5.56 Å². The number of halogens is 3. The second-order valence-corrected chi connectivity index (χ2v) is 5.51. The minimum Gasteiger partial charge on any atom is -0.299 e. The van der Waals surface area contributed by atoms with E-state index in [4.69, 9.17) is 0 Å². The molecule has 5 heteroatoms. The first-order valence-corrected chi connectivity index (χ1v) is 6.55. The van der Waals surface area contributed by atoms with E-state index in [0.717, 1.165) is 16.6 Å². The van der Waals surface area contributed by atoms with Gasteiger partial charge in [-0.1, -0.05) is 19.1 Å². The fraction of sp³-hybridized carbons (Fsp3) is 0.400. The zero-order valence-corrected chi connectivity index (χ0v) is 10.9. The molecule has 0 saturated heterocycles. The average Bonchev–Trinajstić information content (AvgIpc) is 3.08. The lowest BCUT2D eigenvalue weighted by atomic mass is 10.1. The van der Waals surface area contributed by atoms with Crippen LogP contribution in [0.4, 0.5) is 13.2 Å². The van der Waals surface area contributed by atoms with Gasteiger partial charge in [0.2, 0.25) is 0 Å². The Bertz CT molecular complexity index is 717. The van der Waals surface area contributed by atoms with Gasteiger partial charge in [0, 0.05) is 6.07 Å². The van der Waals surface area contributed by atoms with Crippen LogP contribution in [0.3, 0.4) is 0 Å². The number of fused-ring (bicyclic) bond motifs is 1. The first kappa shape index (κ1) is 13.2. The summed E-state index contributed by atoms with van der Waals surface area (Å²) in [5, 5.41) is 0.658. The third-order valence-corrected chi connectivity index (χ3v) is 3.89. The van der Waals surface area contributed by atoms with Crippen LogP contribution in [0.15, 0.2) is 35.1 Å². The van der Waals surface area contributed by atoms with E-state index in [1.807, 2.05) is 6.07 Å². The van der Waals surface area contributed by atoms with Crippen LogP contribution >= 0.6 is 0 Å². The molecule has 0 aliphatic heterocycles. The molecule has 1 saturated carbocycles. The van der Waals surface area contributed by atoms with Crippen LogP contribution in [-0.2, 0) is 6.54 Å². The normalized spacial score (nSPS) is 22.2. The maximum atomic E-state index is 12.6. The summed E-state index contributed by atoms with van der Waals surface area (Å²) in [4.78, 5) is 11.7. The van der Waals surface area contributed by atoms with Crippen molar-refractivity contribution in [2.24, 2.45) is 5.92 Å². The van der Waals surface area contributed by atoms with Crippen molar-refractivity contribution in [1.29, 1.82) is 0 Å². The highest BCUT2D eigenvalue weighted by Crippen LogP contribution is 2.47. The Balaban J connectivity index is 2.15. The van der Waals surface area contributed by atoms with Crippen molar-refractivity contribution in [3.05, 3.63) is 46.2 Å². The van der Waals surface area contributed by atoms with E-state index >= 15 is 0 Å². The monoisotopic (exact) mass is 281 g/mol. The van der Waals surface area contributed by atoms with Crippen molar-refractivity contribution in [2.75, 3.05) is 0 Å². The van der Waals surface area contributed by atoms with Gasteiger partial charge in [0.15, 0.2) is 0 Å². The predicted molar refractivity (Wildman–Crippen MR) is 70.8 cm³/mol. The van der Waals surface area contributed by atoms with E-state index in [1.54, 1.807) is 18.2 Å². The molecule has 0 N–H and O–H groups in total. The van der Waals surface area contributed by atoms with Crippen molar-refractivity contribution >= 4 is 10.9 Å². The summed E-state index contributed by atoms with van der Waals surface area (Å²) >= 11 is 0. The molecule has 0 amide bonds. The molecule has 0 spiro atoms. The largest absolute Gasteiger partial charge is 0.406 e. The van der Waals surface area contributed by atoms with Gasteiger partial charge < -0.3 is 0 Å². The van der Waals surface area contributed by atoms with Crippen LogP contribution in [0.5, 0.6) is 0 Å². The standard InChI is InChI=1S/C15H14F3NO/c1-9-6-12(9)11-3-2-10-4-5-14(20)19(13(10)7-11)8-15(16,17)18/h2-5,7,9,12H,6,8H2,1H3/t9-,12-/m0/s1. The minimum absolute atomic E-state index is 0.367. The minimum atomic E-state index is -4.40. The Labute approximate surface area is 113 Å². The quantitative estimate of drug-likeness (QED) is 0.823. The molecule has 0 bridgehead atoms. The Morgan fingerprint density at radius 3 is 2.50 bits per heavy atom. The topological polar surface area (TPSA) is 22.0 Å². The van der Waals surface area contributed by atoms with Gasteiger partial charge in [-0.05, 0) is 41.3 Å². The molecule has 0 radical (unpaired) electrons. The molecule has 1 aromatic carbocycles. The molecule has 2 atom stereocenters. The highest BCUT2D eigenvalue weighted by molar-refractivity contribution is 5.80. The molecular formula is C15H14F3NO. The Kier molecular flexibility index (Phi) is 2.88. The molecule has 2 aromatic rings. The van der Waals surface area contributed by atoms with Gasteiger partial charge in [-0.3, -0.25) is 9.36 Å². The van der Waals surface area contributed by atoms with Crippen molar-refractivity contribution in [3.63, 3.8) is 0 Å². The molecule has 1 aliphatic rings. The van der Waals surface area contributed by atoms with Crippen LogP contribution in [0, 0.1) is 5.92 Å². The third-order valence-electron chi connectivity index (χ3n) is 3.89. The summed E-state index contributed by atoms with van der Waals surface area (Å²) in [5.41, 5.74) is 0.772. The number of aromatic nitrogens is 1. The van der Waals surface area contributed by atoms with Crippen LogP contribution in [0.2, 0.25) is 0 Å². The Hall–Kier alpha value is -1.78. The third kappa shape index (κ3) is 2.44. The van der Waals surface area contributed by atoms with E-state index in [-0.39, 0.29) is 0 Å². The number of nitrogens with zero attached hydrogens (tertiary/aromatic N) is 1. The molecule has 0 unspecified atom stereocenters. The van der Waals surface area contributed by atoms with E-state index in [9.17, 15) is 18.0 Å². The van der Waals surface area contributed by atoms with Gasteiger partial charge >= 0.3 is 6.18 Å². The van der Waals surface area contributed by atoms with Crippen LogP contribution in [0.25, 0.3) is 10.9 Å². The molecule has 1 heterocycles. The van der Waals surface area contributed by atoms with Gasteiger partial charge in [0.05, 0.1) is 5.52 Å². The Morgan fingerprint density at radius 1 is 1.25 bits per heavy atom. The molecule has 3 rings (SSSR count). The zero-order chi connectivity index (χ0) is 14.5. The van der Waals surface area contributed by atoms with Crippen LogP contribution in [-0.4, -0.2) is 10.7 Å². The van der Waals surface area contributed by atoms with Crippen molar-refractivity contribution in [1.82, 2.24) is 4.57 Å². The summed E-state index contributed by atoms with van der Waals surface area (Å²) in [6.45, 7) is 0.871. The average molecular weight is 281 g/mol. The number of pyridine rings is 1. The lowest BCUT2D eigenvalue weighted by Crippen LogP contribution is -2.27. The van der Waals surface area contributed by atoms with Gasteiger partial charge in [0.25, 0.3) is 5.56 Å². The van der Waals surface area contributed by atoms with Crippen molar-refractivity contribution in [2.45, 2.75) is 32.0 Å². The second kappa shape index (κ2) is 4.36. The van der Waals surface area contributed by atoms with E-state index in [2.05, 4.69) is 6.92 Å². The first-order valence-electron chi connectivity index (χ1n) is 6.55. The summed E-state index contributed by atoms with van der Waals surface area (Å²) in [5.74, 6) is 0.980. The second-order valence-electron chi connectivity index (χ2n) is 5.51. The van der Waals surface area contributed by atoms with E-state index < -0.39 is 18.3 Å². The molecule has 106 valence electrons. The lowest BCUT2D eigenvalue weighted by molar-refractivity contribution is -0.140. The molecule has 1 aromatic heterocycles. The molecule has 1 fully saturated rings. The SMILES string of the molecule is C[C@H]1C[C@@H]1c1ccc2ccc(=O)n(CC(F)(F)F)c2c1. The van der Waals surface area contributed by atoms with E-state index in [0.29, 0.717) is 22.7 Å². The van der Waals surface area contributed by atoms with Gasteiger partial charge in [-0.25, -0.2) is 0 Å². The van der Waals surface area contributed by atoms with Gasteiger partial charge in [-0.15, -0.1) is 0 Å². The van der Waals surface area contributed by atoms with Crippen molar-refractivity contribution in [3.8, 4) is 0 Å². The fourth-order valence-corrected chi connectivity index (χ4v) is 2.66. The summed E-state index contributed by atoms with van der Waals surface area (Å²) in [6.07, 6.45) is -3.34. The highest BCUT2D eigenvalue weighted by atomic mass is 19.4. The molecule has 20 heavy (non-hydrogen) atoms. The smallest absolute Gasteiger partial charge is 0.299 e. The number of rotatable bonds is 2. The predicted octanol–water partition coefficient (Wildman–Crippen LogP) is 3.69. The zero-order valence-electron chi connectivity index (χ0n) is 10.9. The number of hydrogen-bond acceptors (Lipinski definition) is 1. The van der Waals surface area contributed by atoms with Gasteiger partial charge in [-0.2, -0.15) is 13.2 Å². The van der Waals surface area contributed by atoms with Gasteiger partial charge in [0.1, 0.15) is 6.54 Å². The van der Waals surface area contributed by atoms with Crippen molar-refractivity contribution < 1.29 is 13.2 Å². The first-order chi connectivity index (χ1) is 9.35. The summed E-state index contributed by atoms with van der Waals surface area (Å²) < 4.78 is 38.7. The molecular weight excluding hydrogens is 267 g/mol. The number of benzene rings is 1. The van der Waals surface area contributed by atoms with Crippen LogP contribution in [0.1, 0.15) is 24.8 Å². The number of hydrogen-bond donors (Lipinski definition) is 0. The maximum Gasteiger partial charge on any atom is 0.406 e. The molecule has 2 nitrogen and oxygen atoms in total. The summed E-state index contributed by atoms with van der Waals surface area (Å²) in [7, 11) is 0. The van der Waals surface area contributed by atoms with E-state index in [1.165, 1.54) is 6.07 Å². The summed E-state index contributed by atoms with van der Waals surface area (Å²) in [6, 6.07) is 8.23.